The van der Waals surface area contributed by atoms with Crippen LogP contribution in [-0.4, -0.2) is 29.6 Å². The maximum absolute atomic E-state index is 10.9. The molecular weight excluding hydrogens is 130 g/mol. The lowest BCUT2D eigenvalue weighted by Gasteiger charge is -2.22. The van der Waals surface area contributed by atoms with Gasteiger partial charge in [-0.3, -0.25) is 4.79 Å². The summed E-state index contributed by atoms with van der Waals surface area (Å²) in [5.41, 5.74) is -0.580. The van der Waals surface area contributed by atoms with Crippen molar-refractivity contribution in [1.29, 1.82) is 0 Å². The first-order valence-corrected chi connectivity index (χ1v) is 3.43. The second-order valence-electron chi connectivity index (χ2n) is 2.74. The monoisotopic (exact) mass is 145 g/mol. The predicted molar refractivity (Wildman–Crippen MR) is 39.8 cm³/mol. The summed E-state index contributed by atoms with van der Waals surface area (Å²) in [6.45, 7) is 5.79. The van der Waals surface area contributed by atoms with Crippen LogP contribution in [0.2, 0.25) is 0 Å². The Kier molecular flexibility index (Phi) is 3.53. The zero-order valence-corrected chi connectivity index (χ0v) is 6.77. The van der Waals surface area contributed by atoms with Crippen LogP contribution in [0.4, 0.5) is 0 Å². The molecule has 0 aliphatic heterocycles. The summed E-state index contributed by atoms with van der Waals surface area (Å²) in [4.78, 5) is 10.9. The Balaban J connectivity index is 3.96. The van der Waals surface area contributed by atoms with Crippen LogP contribution in [-0.2, 0) is 4.79 Å². The molecule has 60 valence electrons. The zero-order valence-electron chi connectivity index (χ0n) is 6.77. The number of carbonyl (C=O) groups excluding carboxylic acids is 1. The molecular formula is C7H15NO2. The summed E-state index contributed by atoms with van der Waals surface area (Å²) in [5.74, 6) is -0.172. The summed E-state index contributed by atoms with van der Waals surface area (Å²) < 4.78 is 0. The highest BCUT2D eigenvalue weighted by Gasteiger charge is 2.24. The quantitative estimate of drug-likeness (QED) is 0.582. The average Bonchev–Trinajstić information content (AvgIpc) is 1.86. The van der Waals surface area contributed by atoms with Crippen LogP contribution in [0, 0.1) is 0 Å². The Morgan fingerprint density at radius 3 is 2.40 bits per heavy atom. The van der Waals surface area contributed by atoms with Crippen LogP contribution in [0.3, 0.4) is 0 Å². The van der Waals surface area contributed by atoms with Gasteiger partial charge in [-0.15, -0.1) is 0 Å². The molecule has 0 saturated heterocycles. The molecule has 0 aromatic heterocycles. The maximum Gasteiger partial charge on any atom is 0.177 e. The molecule has 0 fully saturated rings. The van der Waals surface area contributed by atoms with E-state index in [4.69, 9.17) is 5.11 Å². The van der Waals surface area contributed by atoms with E-state index >= 15 is 0 Å². The Bertz CT molecular complexity index is 121. The number of aliphatic hydroxyl groups is 1. The van der Waals surface area contributed by atoms with Gasteiger partial charge in [0.1, 0.15) is 6.61 Å². The Morgan fingerprint density at radius 2 is 2.10 bits per heavy atom. The zero-order chi connectivity index (χ0) is 8.20. The molecule has 0 bridgehead atoms. The molecule has 0 heterocycles. The number of likely N-dealkylation sites (N-methyl/N-ethyl adjacent to an activating group) is 1. The van der Waals surface area contributed by atoms with Crippen molar-refractivity contribution in [3.8, 4) is 0 Å². The second kappa shape index (κ2) is 3.68. The molecule has 0 saturated carbocycles. The highest BCUT2D eigenvalue weighted by molar-refractivity contribution is 5.88. The van der Waals surface area contributed by atoms with Crippen molar-refractivity contribution >= 4 is 5.78 Å². The average molecular weight is 145 g/mol. The molecule has 0 aromatic rings. The Morgan fingerprint density at radius 1 is 1.60 bits per heavy atom. The number of Topliss-reactive ketones (excluding diaryl/α,β-unsaturated/α-hetero) is 1. The first kappa shape index (κ1) is 9.59. The van der Waals surface area contributed by atoms with Crippen molar-refractivity contribution < 1.29 is 9.90 Å². The minimum absolute atomic E-state index is 0.172. The largest absolute Gasteiger partial charge is 0.389 e. The number of nitrogens with one attached hydrogen (secondary N) is 1. The molecule has 0 spiro atoms. The smallest absolute Gasteiger partial charge is 0.177 e. The topological polar surface area (TPSA) is 49.3 Å². The van der Waals surface area contributed by atoms with E-state index in [1.807, 2.05) is 6.92 Å². The van der Waals surface area contributed by atoms with Gasteiger partial charge < -0.3 is 10.4 Å². The van der Waals surface area contributed by atoms with Gasteiger partial charge in [-0.1, -0.05) is 6.92 Å². The van der Waals surface area contributed by atoms with Crippen molar-refractivity contribution in [3.63, 3.8) is 0 Å². The van der Waals surface area contributed by atoms with Gasteiger partial charge in [-0.25, -0.2) is 0 Å². The van der Waals surface area contributed by atoms with E-state index < -0.39 is 5.54 Å². The minimum Gasteiger partial charge on any atom is -0.389 e. The van der Waals surface area contributed by atoms with Crippen molar-refractivity contribution in [1.82, 2.24) is 5.32 Å². The Hall–Kier alpha value is -0.410. The van der Waals surface area contributed by atoms with E-state index in [9.17, 15) is 4.79 Å². The van der Waals surface area contributed by atoms with E-state index in [2.05, 4.69) is 5.32 Å². The number of hydrogen-bond acceptors (Lipinski definition) is 3. The molecule has 0 rings (SSSR count). The van der Waals surface area contributed by atoms with Crippen LogP contribution in [0.1, 0.15) is 20.8 Å². The standard InChI is InChI=1S/C7H15NO2/c1-4-8-7(2,3)6(10)5-9/h8-9H,4-5H2,1-3H3. The SMILES string of the molecule is CCNC(C)(C)C(=O)CO. The molecule has 3 nitrogen and oxygen atoms in total. The number of aliphatic hydroxyl groups excluding tert-OH is 1. The fraction of sp³-hybridized carbons (Fsp3) is 0.857. The third-order valence-electron chi connectivity index (χ3n) is 1.46. The molecule has 0 unspecified atom stereocenters. The van der Waals surface area contributed by atoms with Crippen molar-refractivity contribution in [2.75, 3.05) is 13.2 Å². The lowest BCUT2D eigenvalue weighted by Crippen LogP contribution is -2.47. The highest BCUT2D eigenvalue weighted by Crippen LogP contribution is 2.01. The number of rotatable bonds is 4. The highest BCUT2D eigenvalue weighted by atomic mass is 16.3. The molecule has 0 radical (unpaired) electrons. The van der Waals surface area contributed by atoms with Crippen LogP contribution in [0.15, 0.2) is 0 Å². The van der Waals surface area contributed by atoms with Gasteiger partial charge in [0.05, 0.1) is 5.54 Å². The normalized spacial score (nSPS) is 11.6. The molecule has 0 atom stereocenters. The van der Waals surface area contributed by atoms with E-state index in [-0.39, 0.29) is 12.4 Å². The van der Waals surface area contributed by atoms with Gasteiger partial charge in [0.25, 0.3) is 0 Å². The first-order valence-electron chi connectivity index (χ1n) is 3.43. The lowest BCUT2D eigenvalue weighted by atomic mass is 10.00. The van der Waals surface area contributed by atoms with Crippen molar-refractivity contribution in [2.45, 2.75) is 26.3 Å². The van der Waals surface area contributed by atoms with Crippen LogP contribution >= 0.6 is 0 Å². The summed E-state index contributed by atoms with van der Waals surface area (Å²) in [5, 5.41) is 11.5. The van der Waals surface area contributed by atoms with Crippen molar-refractivity contribution in [3.05, 3.63) is 0 Å². The van der Waals surface area contributed by atoms with E-state index in [0.29, 0.717) is 0 Å². The fourth-order valence-corrected chi connectivity index (χ4v) is 0.738. The molecule has 0 amide bonds. The predicted octanol–water partition coefficient (Wildman–Crippen LogP) is -0.0641. The van der Waals surface area contributed by atoms with Crippen molar-refractivity contribution in [2.24, 2.45) is 0 Å². The van der Waals surface area contributed by atoms with E-state index in [1.165, 1.54) is 0 Å². The first-order chi connectivity index (χ1) is 4.54. The van der Waals surface area contributed by atoms with E-state index in [0.717, 1.165) is 6.54 Å². The molecule has 2 N–H and O–H groups in total. The minimum atomic E-state index is -0.580. The molecule has 3 heteroatoms. The number of hydrogen-bond donors (Lipinski definition) is 2. The van der Waals surface area contributed by atoms with Gasteiger partial charge in [-0.05, 0) is 20.4 Å². The van der Waals surface area contributed by atoms with Gasteiger partial charge >= 0.3 is 0 Å². The third-order valence-corrected chi connectivity index (χ3v) is 1.46. The van der Waals surface area contributed by atoms with Gasteiger partial charge in [0, 0.05) is 0 Å². The molecule has 10 heavy (non-hydrogen) atoms. The van der Waals surface area contributed by atoms with Gasteiger partial charge in [-0.2, -0.15) is 0 Å². The summed E-state index contributed by atoms with van der Waals surface area (Å²) in [7, 11) is 0. The number of carbonyl (C=O) groups is 1. The fourth-order valence-electron chi connectivity index (χ4n) is 0.738. The van der Waals surface area contributed by atoms with Crippen LogP contribution < -0.4 is 5.32 Å². The molecule has 0 aliphatic rings. The Labute approximate surface area is 61.4 Å². The summed E-state index contributed by atoms with van der Waals surface area (Å²) >= 11 is 0. The van der Waals surface area contributed by atoms with Gasteiger partial charge in [0.2, 0.25) is 0 Å². The number of ketones is 1. The van der Waals surface area contributed by atoms with Crippen LogP contribution in [0.25, 0.3) is 0 Å². The second-order valence-corrected chi connectivity index (χ2v) is 2.74. The lowest BCUT2D eigenvalue weighted by molar-refractivity contribution is -0.127. The summed E-state index contributed by atoms with van der Waals surface area (Å²) in [6, 6.07) is 0. The van der Waals surface area contributed by atoms with Crippen LogP contribution in [0.5, 0.6) is 0 Å². The van der Waals surface area contributed by atoms with E-state index in [1.54, 1.807) is 13.8 Å². The molecule has 0 aromatic carbocycles. The third kappa shape index (κ3) is 2.45. The molecule has 0 aliphatic carbocycles. The maximum atomic E-state index is 10.9. The summed E-state index contributed by atoms with van der Waals surface area (Å²) in [6.07, 6.45) is 0. The van der Waals surface area contributed by atoms with Gasteiger partial charge in [0.15, 0.2) is 5.78 Å².